The van der Waals surface area contributed by atoms with Crippen molar-refractivity contribution < 1.29 is 4.39 Å². The Hall–Kier alpha value is -0.110. The van der Waals surface area contributed by atoms with Gasteiger partial charge in [-0.15, -0.1) is 0 Å². The average Bonchev–Trinajstić information content (AvgIpc) is 3.16. The Morgan fingerprint density at radius 3 is 2.42 bits per heavy atom. The van der Waals surface area contributed by atoms with Gasteiger partial charge < -0.3 is 0 Å². The van der Waals surface area contributed by atoms with Crippen molar-refractivity contribution in [2.24, 2.45) is 41.4 Å². The predicted molar refractivity (Wildman–Crippen MR) is 108 cm³/mol. The van der Waals surface area contributed by atoms with E-state index in [1.54, 1.807) is 0 Å². The Labute approximate surface area is 161 Å². The number of fused-ring (bicyclic) bond motifs is 3. The van der Waals surface area contributed by atoms with Crippen molar-refractivity contribution >= 4 is 0 Å². The number of nitrogens with zero attached hydrogens (tertiary/aromatic N) is 1. The Morgan fingerprint density at radius 1 is 1.04 bits per heavy atom. The van der Waals surface area contributed by atoms with E-state index in [2.05, 4.69) is 32.6 Å². The minimum atomic E-state index is -0.556. The molecule has 0 aromatic rings. The lowest BCUT2D eigenvalue weighted by Gasteiger charge is -2.43. The van der Waals surface area contributed by atoms with Gasteiger partial charge in [-0.1, -0.05) is 59.8 Å². The monoisotopic (exact) mass is 363 g/mol. The molecule has 0 spiro atoms. The van der Waals surface area contributed by atoms with Crippen molar-refractivity contribution in [2.75, 3.05) is 6.54 Å². The summed E-state index contributed by atoms with van der Waals surface area (Å²) in [4.78, 5) is 2.83. The first-order valence-electron chi connectivity index (χ1n) is 11.9. The van der Waals surface area contributed by atoms with E-state index in [0.717, 1.165) is 48.5 Å². The topological polar surface area (TPSA) is 3.24 Å². The molecule has 4 aliphatic rings. The zero-order valence-electron chi connectivity index (χ0n) is 17.7. The van der Waals surface area contributed by atoms with Gasteiger partial charge in [-0.05, 0) is 73.7 Å². The van der Waals surface area contributed by atoms with Crippen LogP contribution in [0.1, 0.15) is 85.5 Å². The van der Waals surface area contributed by atoms with Crippen LogP contribution in [0.2, 0.25) is 0 Å². The van der Waals surface area contributed by atoms with Gasteiger partial charge in [0.2, 0.25) is 0 Å². The molecule has 0 bridgehead atoms. The van der Waals surface area contributed by atoms with E-state index < -0.39 is 6.17 Å². The lowest BCUT2D eigenvalue weighted by Crippen LogP contribution is -2.44. The van der Waals surface area contributed by atoms with Crippen LogP contribution in [0.25, 0.3) is 0 Å². The highest BCUT2D eigenvalue weighted by Gasteiger charge is 2.58. The van der Waals surface area contributed by atoms with Crippen LogP contribution < -0.4 is 0 Å². The van der Waals surface area contributed by atoms with Gasteiger partial charge in [0.25, 0.3) is 0 Å². The van der Waals surface area contributed by atoms with Gasteiger partial charge >= 0.3 is 0 Å². The first-order chi connectivity index (χ1) is 12.5. The van der Waals surface area contributed by atoms with E-state index in [4.69, 9.17) is 0 Å². The van der Waals surface area contributed by atoms with E-state index in [-0.39, 0.29) is 0 Å². The van der Waals surface area contributed by atoms with E-state index in [1.165, 1.54) is 51.5 Å². The van der Waals surface area contributed by atoms with Crippen molar-refractivity contribution in [3.8, 4) is 0 Å². The number of alkyl halides is 1. The minimum Gasteiger partial charge on any atom is -0.296 e. The zero-order chi connectivity index (χ0) is 18.4. The molecule has 4 rings (SSSR count). The van der Waals surface area contributed by atoms with Gasteiger partial charge in [-0.25, -0.2) is 4.39 Å². The number of hydrogen-bond acceptors (Lipinski definition) is 1. The minimum absolute atomic E-state index is 0.556. The molecule has 4 fully saturated rings. The lowest BCUT2D eigenvalue weighted by molar-refractivity contribution is 0.0421. The second kappa shape index (κ2) is 7.72. The SMILES string of the molecule is CCC1CCN2C3CC(F)CC(C(C)C)C3C(CC3CCC(C)CC3)C12. The molecule has 150 valence electrons. The fourth-order valence-electron chi connectivity index (χ4n) is 7.74. The van der Waals surface area contributed by atoms with Crippen LogP contribution in [0, 0.1) is 41.4 Å². The van der Waals surface area contributed by atoms with E-state index >= 15 is 0 Å². The third kappa shape index (κ3) is 3.38. The molecule has 0 radical (unpaired) electrons. The highest BCUT2D eigenvalue weighted by atomic mass is 19.1. The zero-order valence-corrected chi connectivity index (χ0v) is 17.7. The summed E-state index contributed by atoms with van der Waals surface area (Å²) in [5.41, 5.74) is 0. The smallest absolute Gasteiger partial charge is 0.102 e. The molecule has 0 aromatic carbocycles. The van der Waals surface area contributed by atoms with E-state index in [1.807, 2.05) is 0 Å². The van der Waals surface area contributed by atoms with Gasteiger partial charge in [0.05, 0.1) is 0 Å². The summed E-state index contributed by atoms with van der Waals surface area (Å²) in [6.07, 6.45) is 11.1. The molecule has 2 saturated carbocycles. The summed E-state index contributed by atoms with van der Waals surface area (Å²) in [5.74, 6) is 5.64. The molecule has 0 N–H and O–H groups in total. The maximum Gasteiger partial charge on any atom is 0.102 e. The van der Waals surface area contributed by atoms with Crippen LogP contribution >= 0.6 is 0 Å². The summed E-state index contributed by atoms with van der Waals surface area (Å²) in [6.45, 7) is 10.8. The van der Waals surface area contributed by atoms with Gasteiger partial charge in [-0.3, -0.25) is 4.90 Å². The first kappa shape index (κ1) is 19.2. The van der Waals surface area contributed by atoms with E-state index in [0.29, 0.717) is 17.9 Å². The molecule has 26 heavy (non-hydrogen) atoms. The molecule has 2 aliphatic heterocycles. The van der Waals surface area contributed by atoms with Gasteiger partial charge in [0, 0.05) is 12.1 Å². The third-order valence-corrected chi connectivity index (χ3v) is 9.07. The number of hydrogen-bond donors (Lipinski definition) is 0. The molecule has 0 amide bonds. The predicted octanol–water partition coefficient (Wildman–Crippen LogP) is 6.32. The van der Waals surface area contributed by atoms with Crippen molar-refractivity contribution in [1.29, 1.82) is 0 Å². The normalized spacial score (nSPS) is 49.4. The highest BCUT2D eigenvalue weighted by Crippen LogP contribution is 2.56. The molecule has 1 nitrogen and oxygen atoms in total. The van der Waals surface area contributed by atoms with Crippen LogP contribution in [0.15, 0.2) is 0 Å². The molecule has 2 aliphatic carbocycles. The first-order valence-corrected chi connectivity index (χ1v) is 11.9. The van der Waals surface area contributed by atoms with Crippen LogP contribution in [-0.4, -0.2) is 29.7 Å². The van der Waals surface area contributed by atoms with Gasteiger partial charge in [-0.2, -0.15) is 0 Å². The maximum absolute atomic E-state index is 14.7. The second-order valence-electron chi connectivity index (χ2n) is 10.8. The summed E-state index contributed by atoms with van der Waals surface area (Å²) in [6, 6.07) is 1.33. The molecule has 7 unspecified atom stereocenters. The van der Waals surface area contributed by atoms with Crippen LogP contribution in [0.3, 0.4) is 0 Å². The molecular formula is C24H42FN. The molecule has 2 saturated heterocycles. The molecule has 2 heteroatoms. The summed E-state index contributed by atoms with van der Waals surface area (Å²) in [5, 5.41) is 0. The largest absolute Gasteiger partial charge is 0.296 e. The standard InChI is InChI=1S/C24H42FN/c1-5-18-10-11-26-22-14-19(25)13-20(15(2)3)23(22)21(24(18)26)12-17-8-6-16(4)7-9-17/h15-24H,5-14H2,1-4H3. The van der Waals surface area contributed by atoms with Crippen molar-refractivity contribution in [1.82, 2.24) is 4.90 Å². The van der Waals surface area contributed by atoms with E-state index in [9.17, 15) is 4.39 Å². The molecule has 2 heterocycles. The van der Waals surface area contributed by atoms with Crippen molar-refractivity contribution in [3.63, 3.8) is 0 Å². The molecule has 0 aromatic heterocycles. The van der Waals surface area contributed by atoms with Crippen LogP contribution in [0.4, 0.5) is 4.39 Å². The van der Waals surface area contributed by atoms with Crippen molar-refractivity contribution in [2.45, 2.75) is 104 Å². The number of rotatable bonds is 4. The highest BCUT2D eigenvalue weighted by molar-refractivity contribution is 5.10. The van der Waals surface area contributed by atoms with Crippen LogP contribution in [0.5, 0.6) is 0 Å². The average molecular weight is 364 g/mol. The van der Waals surface area contributed by atoms with Gasteiger partial charge in [0.1, 0.15) is 6.17 Å². The second-order valence-corrected chi connectivity index (χ2v) is 10.8. The summed E-state index contributed by atoms with van der Waals surface area (Å²) >= 11 is 0. The quantitative estimate of drug-likeness (QED) is 0.565. The number of halogens is 1. The third-order valence-electron chi connectivity index (χ3n) is 9.07. The van der Waals surface area contributed by atoms with Crippen LogP contribution in [-0.2, 0) is 0 Å². The van der Waals surface area contributed by atoms with Crippen molar-refractivity contribution in [3.05, 3.63) is 0 Å². The Bertz CT molecular complexity index is 469. The Kier molecular flexibility index (Phi) is 5.71. The fourth-order valence-corrected chi connectivity index (χ4v) is 7.74. The molecular weight excluding hydrogens is 321 g/mol. The Balaban J connectivity index is 1.59. The summed E-state index contributed by atoms with van der Waals surface area (Å²) < 4.78 is 14.7. The maximum atomic E-state index is 14.7. The fraction of sp³-hybridized carbons (Fsp3) is 1.00. The van der Waals surface area contributed by atoms with Gasteiger partial charge in [0.15, 0.2) is 0 Å². The Morgan fingerprint density at radius 2 is 1.77 bits per heavy atom. The molecule has 7 atom stereocenters. The lowest BCUT2D eigenvalue weighted by atomic mass is 9.63. The summed E-state index contributed by atoms with van der Waals surface area (Å²) in [7, 11) is 0.